The van der Waals surface area contributed by atoms with Crippen molar-refractivity contribution < 1.29 is 18.0 Å². The van der Waals surface area contributed by atoms with Crippen molar-refractivity contribution in [1.82, 2.24) is 10.6 Å². The molecule has 0 bridgehead atoms. The van der Waals surface area contributed by atoms with Crippen molar-refractivity contribution in [2.24, 2.45) is 0 Å². The van der Waals surface area contributed by atoms with Crippen molar-refractivity contribution in [2.75, 3.05) is 0 Å². The Bertz CT molecular complexity index is 381. The van der Waals surface area contributed by atoms with Crippen LogP contribution in [0.3, 0.4) is 0 Å². The van der Waals surface area contributed by atoms with E-state index >= 15 is 0 Å². The minimum absolute atomic E-state index is 0.0253. The molecule has 0 aliphatic carbocycles. The predicted octanol–water partition coefficient (Wildman–Crippen LogP) is 2.66. The lowest BCUT2D eigenvalue weighted by Gasteiger charge is -2.09. The van der Waals surface area contributed by atoms with Gasteiger partial charge in [-0.2, -0.15) is 13.2 Å². The van der Waals surface area contributed by atoms with Gasteiger partial charge in [0.25, 0.3) is 0 Å². The Labute approximate surface area is 94.6 Å². The number of alkyl halides is 3. The van der Waals surface area contributed by atoms with Crippen LogP contribution in [-0.4, -0.2) is 12.3 Å². The molecule has 0 saturated carbocycles. The third-order valence-electron chi connectivity index (χ3n) is 1.60. The van der Waals surface area contributed by atoms with Crippen LogP contribution in [0.2, 0.25) is 5.02 Å². The Morgan fingerprint density at radius 1 is 1.38 bits per heavy atom. The Morgan fingerprint density at radius 3 is 2.62 bits per heavy atom. The minimum Gasteiger partial charge on any atom is -0.334 e. The minimum atomic E-state index is -4.72. The lowest BCUT2D eigenvalue weighted by atomic mass is 10.2. The van der Waals surface area contributed by atoms with Gasteiger partial charge >= 0.3 is 12.3 Å². The van der Waals surface area contributed by atoms with Gasteiger partial charge in [-0.05, 0) is 17.7 Å². The van der Waals surface area contributed by atoms with Gasteiger partial charge in [-0.3, -0.25) is 0 Å². The SMILES string of the molecule is O=C(NCc1cccc(Cl)c1)NC(F)(F)F. The number of amides is 2. The van der Waals surface area contributed by atoms with Crippen LogP contribution in [0.15, 0.2) is 24.3 Å². The molecule has 0 spiro atoms. The van der Waals surface area contributed by atoms with Crippen LogP contribution in [0.25, 0.3) is 0 Å². The molecule has 2 N–H and O–H groups in total. The van der Waals surface area contributed by atoms with Gasteiger partial charge in [-0.1, -0.05) is 23.7 Å². The third-order valence-corrected chi connectivity index (χ3v) is 1.83. The number of carbonyl (C=O) groups excluding carboxylic acids is 1. The first kappa shape index (κ1) is 12.6. The van der Waals surface area contributed by atoms with Crippen molar-refractivity contribution in [3.05, 3.63) is 34.9 Å². The summed E-state index contributed by atoms with van der Waals surface area (Å²) in [6.07, 6.45) is -4.72. The Balaban J connectivity index is 2.43. The summed E-state index contributed by atoms with van der Waals surface area (Å²) in [7, 11) is 0. The molecular weight excluding hydrogens is 245 g/mol. The zero-order chi connectivity index (χ0) is 12.2. The van der Waals surface area contributed by atoms with Crippen molar-refractivity contribution in [3.63, 3.8) is 0 Å². The molecule has 0 fully saturated rings. The Kier molecular flexibility index (Phi) is 4.00. The Hall–Kier alpha value is -1.43. The van der Waals surface area contributed by atoms with Crippen LogP contribution in [0.4, 0.5) is 18.0 Å². The molecule has 16 heavy (non-hydrogen) atoms. The fraction of sp³-hybridized carbons (Fsp3) is 0.222. The molecule has 0 unspecified atom stereocenters. The van der Waals surface area contributed by atoms with Gasteiger partial charge in [0.05, 0.1) is 0 Å². The van der Waals surface area contributed by atoms with Crippen LogP contribution < -0.4 is 10.6 Å². The van der Waals surface area contributed by atoms with E-state index in [1.165, 1.54) is 0 Å². The maximum atomic E-state index is 11.7. The first-order valence-corrected chi connectivity index (χ1v) is 4.62. The smallest absolute Gasteiger partial charge is 0.334 e. The predicted molar refractivity (Wildman–Crippen MR) is 52.9 cm³/mol. The summed E-state index contributed by atoms with van der Waals surface area (Å²) in [5.41, 5.74) is 0.616. The number of hydrogen-bond donors (Lipinski definition) is 2. The number of halogens is 4. The average Bonchev–Trinajstić information content (AvgIpc) is 2.12. The van der Waals surface area contributed by atoms with Gasteiger partial charge < -0.3 is 5.32 Å². The second kappa shape index (κ2) is 5.07. The molecule has 0 saturated heterocycles. The number of hydrogen-bond acceptors (Lipinski definition) is 1. The van der Waals surface area contributed by atoms with E-state index < -0.39 is 12.3 Å². The molecule has 0 aromatic heterocycles. The zero-order valence-corrected chi connectivity index (χ0v) is 8.69. The highest BCUT2D eigenvalue weighted by Crippen LogP contribution is 2.11. The van der Waals surface area contributed by atoms with Crippen molar-refractivity contribution >= 4 is 17.6 Å². The van der Waals surface area contributed by atoms with Gasteiger partial charge in [0.1, 0.15) is 0 Å². The van der Waals surface area contributed by atoms with Crippen LogP contribution in [0, 0.1) is 0 Å². The zero-order valence-electron chi connectivity index (χ0n) is 7.94. The summed E-state index contributed by atoms with van der Waals surface area (Å²) in [5.74, 6) is 0. The summed E-state index contributed by atoms with van der Waals surface area (Å²) in [6.45, 7) is -0.0253. The second-order valence-corrected chi connectivity index (χ2v) is 3.37. The number of nitrogens with one attached hydrogen (secondary N) is 2. The van der Waals surface area contributed by atoms with E-state index in [1.807, 2.05) is 0 Å². The van der Waals surface area contributed by atoms with Crippen molar-refractivity contribution in [1.29, 1.82) is 0 Å². The fourth-order valence-electron chi connectivity index (χ4n) is 1.00. The maximum absolute atomic E-state index is 11.7. The average molecular weight is 253 g/mol. The molecule has 0 radical (unpaired) electrons. The standard InChI is InChI=1S/C9H8ClF3N2O/c10-7-3-1-2-6(4-7)5-14-8(16)15-9(11,12)13/h1-4H,5H2,(H2,14,15,16). The van der Waals surface area contributed by atoms with Crippen molar-refractivity contribution in [3.8, 4) is 0 Å². The fourth-order valence-corrected chi connectivity index (χ4v) is 1.22. The second-order valence-electron chi connectivity index (χ2n) is 2.94. The third kappa shape index (κ3) is 4.88. The largest absolute Gasteiger partial charge is 0.485 e. The first-order valence-electron chi connectivity index (χ1n) is 4.24. The highest BCUT2D eigenvalue weighted by Gasteiger charge is 2.29. The van der Waals surface area contributed by atoms with Gasteiger partial charge in [-0.15, -0.1) is 0 Å². The summed E-state index contributed by atoms with van der Waals surface area (Å²) in [4.78, 5) is 10.7. The molecule has 0 heterocycles. The van der Waals surface area contributed by atoms with E-state index in [9.17, 15) is 18.0 Å². The summed E-state index contributed by atoms with van der Waals surface area (Å²) >= 11 is 5.66. The van der Waals surface area contributed by atoms with Gasteiger partial charge in [0, 0.05) is 11.6 Å². The molecular formula is C9H8ClF3N2O. The highest BCUT2D eigenvalue weighted by molar-refractivity contribution is 6.30. The van der Waals surface area contributed by atoms with Gasteiger partial charge in [0.2, 0.25) is 0 Å². The van der Waals surface area contributed by atoms with Crippen LogP contribution in [-0.2, 0) is 6.54 Å². The number of rotatable bonds is 2. The number of urea groups is 1. The van der Waals surface area contributed by atoms with Crippen LogP contribution in [0.1, 0.15) is 5.56 Å². The molecule has 1 aromatic carbocycles. The van der Waals surface area contributed by atoms with E-state index in [-0.39, 0.29) is 6.54 Å². The summed E-state index contributed by atoms with van der Waals surface area (Å²) in [5, 5.41) is 3.33. The topological polar surface area (TPSA) is 41.1 Å². The number of benzene rings is 1. The van der Waals surface area contributed by atoms with E-state index in [0.717, 1.165) is 5.32 Å². The van der Waals surface area contributed by atoms with Gasteiger partial charge in [0.15, 0.2) is 0 Å². The molecule has 0 aliphatic heterocycles. The van der Waals surface area contributed by atoms with E-state index in [4.69, 9.17) is 11.6 Å². The number of carbonyl (C=O) groups is 1. The normalized spacial score (nSPS) is 11.0. The van der Waals surface area contributed by atoms with E-state index in [2.05, 4.69) is 5.32 Å². The molecule has 1 aromatic rings. The lowest BCUT2D eigenvalue weighted by molar-refractivity contribution is -0.145. The van der Waals surface area contributed by atoms with Crippen LogP contribution in [0.5, 0.6) is 0 Å². The monoisotopic (exact) mass is 252 g/mol. The summed E-state index contributed by atoms with van der Waals surface area (Å²) < 4.78 is 35.1. The van der Waals surface area contributed by atoms with Gasteiger partial charge in [-0.25, -0.2) is 10.1 Å². The molecule has 3 nitrogen and oxygen atoms in total. The molecule has 1 rings (SSSR count). The van der Waals surface area contributed by atoms with Crippen molar-refractivity contribution in [2.45, 2.75) is 12.8 Å². The Morgan fingerprint density at radius 2 is 2.06 bits per heavy atom. The highest BCUT2D eigenvalue weighted by atomic mass is 35.5. The maximum Gasteiger partial charge on any atom is 0.485 e. The summed E-state index contributed by atoms with van der Waals surface area (Å²) in [6, 6.07) is 5.16. The lowest BCUT2D eigenvalue weighted by Crippen LogP contribution is -2.43. The molecule has 0 atom stereocenters. The molecule has 88 valence electrons. The first-order chi connectivity index (χ1) is 7.37. The van der Waals surface area contributed by atoms with E-state index in [0.29, 0.717) is 10.6 Å². The van der Waals surface area contributed by atoms with Crippen LogP contribution >= 0.6 is 11.6 Å². The molecule has 2 amide bonds. The molecule has 7 heteroatoms. The van der Waals surface area contributed by atoms with E-state index in [1.54, 1.807) is 24.3 Å². The molecule has 0 aliphatic rings. The quantitative estimate of drug-likeness (QED) is 0.781.